The predicted molar refractivity (Wildman–Crippen MR) is 124 cm³/mol. The van der Waals surface area contributed by atoms with Gasteiger partial charge in [0.15, 0.2) is 0 Å². The molecule has 1 aliphatic rings. The van der Waals surface area contributed by atoms with Gasteiger partial charge in [-0.2, -0.15) is 5.26 Å². The number of aryl methyl sites for hydroxylation is 1. The van der Waals surface area contributed by atoms with Gasteiger partial charge in [0.1, 0.15) is 0 Å². The van der Waals surface area contributed by atoms with E-state index in [4.69, 9.17) is 5.26 Å². The fourth-order valence-corrected chi connectivity index (χ4v) is 4.14. The average molecular weight is 413 g/mol. The smallest absolute Gasteiger partial charge is 0.244 e. The molecule has 2 heterocycles. The van der Waals surface area contributed by atoms with E-state index in [9.17, 15) is 4.79 Å². The Morgan fingerprint density at radius 2 is 1.81 bits per heavy atom. The molecule has 1 N–H and O–H groups in total. The number of carbonyl (C=O) groups excluding carboxylic acids is 1. The Balaban J connectivity index is 1.34. The van der Waals surface area contributed by atoms with Crippen molar-refractivity contribution in [3.05, 3.63) is 77.5 Å². The number of nitrogens with one attached hydrogen (secondary N) is 1. The number of amides is 1. The van der Waals surface area contributed by atoms with Crippen LogP contribution in [0.25, 0.3) is 17.0 Å². The van der Waals surface area contributed by atoms with Crippen LogP contribution in [0.2, 0.25) is 0 Å². The molecule has 1 saturated heterocycles. The first-order valence-corrected chi connectivity index (χ1v) is 10.9. The van der Waals surface area contributed by atoms with Crippen LogP contribution in [0.1, 0.15) is 36.0 Å². The van der Waals surface area contributed by atoms with E-state index in [2.05, 4.69) is 45.1 Å². The molecule has 1 fully saturated rings. The summed E-state index contributed by atoms with van der Waals surface area (Å²) in [4.78, 5) is 14.8. The molecule has 0 unspecified atom stereocenters. The number of fused-ring (bicyclic) bond motifs is 1. The van der Waals surface area contributed by atoms with Crippen LogP contribution in [0.3, 0.4) is 0 Å². The molecule has 158 valence electrons. The van der Waals surface area contributed by atoms with Crippen molar-refractivity contribution in [2.45, 2.75) is 38.9 Å². The van der Waals surface area contributed by atoms with Gasteiger partial charge in [-0.15, -0.1) is 0 Å². The van der Waals surface area contributed by atoms with Crippen LogP contribution in [-0.4, -0.2) is 28.5 Å². The van der Waals surface area contributed by atoms with E-state index in [1.165, 1.54) is 31.5 Å². The third-order valence-electron chi connectivity index (χ3n) is 5.79. The number of benzene rings is 2. The van der Waals surface area contributed by atoms with Gasteiger partial charge >= 0.3 is 0 Å². The minimum Gasteiger partial charge on any atom is -0.348 e. The molecule has 3 aromatic rings. The van der Waals surface area contributed by atoms with E-state index >= 15 is 0 Å². The molecule has 31 heavy (non-hydrogen) atoms. The highest BCUT2D eigenvalue weighted by Gasteiger charge is 2.11. The summed E-state index contributed by atoms with van der Waals surface area (Å²) >= 11 is 0. The van der Waals surface area contributed by atoms with Crippen LogP contribution in [-0.2, 0) is 24.4 Å². The van der Waals surface area contributed by atoms with Crippen molar-refractivity contribution < 1.29 is 4.79 Å². The molecule has 2 aromatic carbocycles. The zero-order valence-corrected chi connectivity index (χ0v) is 17.8. The highest BCUT2D eigenvalue weighted by Crippen LogP contribution is 2.22. The second-order valence-electron chi connectivity index (χ2n) is 8.05. The molecule has 0 bridgehead atoms. The number of carbonyl (C=O) groups is 1. The Hall–Kier alpha value is -3.36. The summed E-state index contributed by atoms with van der Waals surface area (Å²) in [5.41, 5.74) is 4.48. The minimum absolute atomic E-state index is 0.116. The fraction of sp³-hybridized carbons (Fsp3) is 0.308. The van der Waals surface area contributed by atoms with E-state index in [0.29, 0.717) is 19.5 Å². The number of rotatable bonds is 8. The molecule has 1 amide bonds. The van der Waals surface area contributed by atoms with Crippen LogP contribution in [0.15, 0.2) is 60.8 Å². The Morgan fingerprint density at radius 1 is 1.06 bits per heavy atom. The van der Waals surface area contributed by atoms with Crippen LogP contribution in [0, 0.1) is 11.3 Å². The lowest BCUT2D eigenvalue weighted by Crippen LogP contribution is -2.20. The van der Waals surface area contributed by atoms with E-state index in [1.807, 2.05) is 36.5 Å². The fourth-order valence-electron chi connectivity index (χ4n) is 4.14. The van der Waals surface area contributed by atoms with Gasteiger partial charge in [-0.25, -0.2) is 0 Å². The van der Waals surface area contributed by atoms with Crippen molar-refractivity contribution in [1.29, 1.82) is 5.26 Å². The van der Waals surface area contributed by atoms with Gasteiger partial charge in [0, 0.05) is 48.4 Å². The molecule has 4 rings (SSSR count). The Kier molecular flexibility index (Phi) is 6.81. The van der Waals surface area contributed by atoms with Crippen molar-refractivity contribution in [2.75, 3.05) is 13.1 Å². The molecule has 1 aliphatic heterocycles. The van der Waals surface area contributed by atoms with Crippen molar-refractivity contribution in [3.63, 3.8) is 0 Å². The lowest BCUT2D eigenvalue weighted by Gasteiger charge is -2.14. The molecular formula is C26H28N4O. The average Bonchev–Trinajstić information content (AvgIpc) is 3.44. The Bertz CT molecular complexity index is 1100. The molecule has 5 nitrogen and oxygen atoms in total. The summed E-state index contributed by atoms with van der Waals surface area (Å²) in [7, 11) is 0. The summed E-state index contributed by atoms with van der Waals surface area (Å²) in [5, 5.41) is 12.9. The summed E-state index contributed by atoms with van der Waals surface area (Å²) in [6.45, 7) is 4.56. The quantitative estimate of drug-likeness (QED) is 0.555. The van der Waals surface area contributed by atoms with Gasteiger partial charge < -0.3 is 9.88 Å². The first-order chi connectivity index (χ1) is 15.2. The lowest BCUT2D eigenvalue weighted by atomic mass is 10.1. The maximum Gasteiger partial charge on any atom is 0.244 e. The van der Waals surface area contributed by atoms with E-state index in [0.717, 1.165) is 28.6 Å². The number of para-hydroxylation sites is 1. The Morgan fingerprint density at radius 3 is 2.58 bits per heavy atom. The number of likely N-dealkylation sites (tertiary alicyclic amines) is 1. The van der Waals surface area contributed by atoms with Gasteiger partial charge in [-0.1, -0.05) is 42.5 Å². The van der Waals surface area contributed by atoms with Crippen molar-refractivity contribution in [1.82, 2.24) is 14.8 Å². The third kappa shape index (κ3) is 5.42. The summed E-state index contributed by atoms with van der Waals surface area (Å²) in [6, 6.07) is 18.8. The molecule has 0 radical (unpaired) electrons. The molecular weight excluding hydrogens is 384 g/mol. The molecule has 0 atom stereocenters. The van der Waals surface area contributed by atoms with Gasteiger partial charge in [-0.3, -0.25) is 9.69 Å². The van der Waals surface area contributed by atoms with Gasteiger partial charge in [0.25, 0.3) is 0 Å². The number of nitrogens with zero attached hydrogens (tertiary/aromatic N) is 3. The normalized spacial score (nSPS) is 14.3. The van der Waals surface area contributed by atoms with E-state index < -0.39 is 0 Å². The highest BCUT2D eigenvalue weighted by atomic mass is 16.1. The minimum atomic E-state index is -0.116. The summed E-state index contributed by atoms with van der Waals surface area (Å²) in [6.07, 6.45) is 8.50. The van der Waals surface area contributed by atoms with Crippen LogP contribution in [0.5, 0.6) is 0 Å². The van der Waals surface area contributed by atoms with Gasteiger partial charge in [-0.05, 0) is 49.2 Å². The predicted octanol–water partition coefficient (Wildman–Crippen LogP) is 4.48. The highest BCUT2D eigenvalue weighted by molar-refractivity contribution is 5.96. The van der Waals surface area contributed by atoms with Gasteiger partial charge in [0.05, 0.1) is 12.5 Å². The number of aromatic nitrogens is 1. The largest absolute Gasteiger partial charge is 0.348 e. The zero-order valence-electron chi connectivity index (χ0n) is 17.8. The number of nitriles is 1. The number of hydrogen-bond acceptors (Lipinski definition) is 3. The first-order valence-electron chi connectivity index (χ1n) is 10.9. The standard InChI is InChI=1S/C26H28N4O/c27-14-5-17-30-20-23(24-6-1-2-7-25(24)30)12-13-26(31)28-18-21-8-10-22(11-9-21)19-29-15-3-4-16-29/h1-2,6-13,20H,3-5,15-19H2,(H,28,31)/b13-12+. The van der Waals surface area contributed by atoms with Crippen LogP contribution >= 0.6 is 0 Å². The molecule has 0 spiro atoms. The summed E-state index contributed by atoms with van der Waals surface area (Å²) in [5.74, 6) is -0.116. The molecule has 0 saturated carbocycles. The van der Waals surface area contributed by atoms with Crippen molar-refractivity contribution in [2.24, 2.45) is 0 Å². The molecule has 1 aromatic heterocycles. The maximum atomic E-state index is 12.3. The van der Waals surface area contributed by atoms with Crippen molar-refractivity contribution >= 4 is 22.9 Å². The third-order valence-corrected chi connectivity index (χ3v) is 5.79. The second-order valence-corrected chi connectivity index (χ2v) is 8.05. The monoisotopic (exact) mass is 412 g/mol. The Labute approximate surface area is 183 Å². The maximum absolute atomic E-state index is 12.3. The van der Waals surface area contributed by atoms with E-state index in [-0.39, 0.29) is 5.91 Å². The second kappa shape index (κ2) is 10.1. The number of hydrogen-bond donors (Lipinski definition) is 1. The zero-order chi connectivity index (χ0) is 21.5. The van der Waals surface area contributed by atoms with Gasteiger partial charge in [0.2, 0.25) is 5.91 Å². The van der Waals surface area contributed by atoms with Crippen LogP contribution < -0.4 is 5.32 Å². The first kappa shape index (κ1) is 20.9. The summed E-state index contributed by atoms with van der Waals surface area (Å²) < 4.78 is 2.07. The molecule has 0 aliphatic carbocycles. The van der Waals surface area contributed by atoms with Crippen LogP contribution in [0.4, 0.5) is 0 Å². The SMILES string of the molecule is N#CCCn1cc(/C=C/C(=O)NCc2ccc(CN3CCCC3)cc2)c2ccccc21. The van der Waals surface area contributed by atoms with Crippen molar-refractivity contribution in [3.8, 4) is 6.07 Å². The van der Waals surface area contributed by atoms with E-state index in [1.54, 1.807) is 6.08 Å². The molecule has 5 heteroatoms. The lowest BCUT2D eigenvalue weighted by molar-refractivity contribution is -0.116. The topological polar surface area (TPSA) is 61.1 Å².